The first-order valence-electron chi connectivity index (χ1n) is 2.72. The average molecular weight is 125 g/mol. The number of allylic oxidation sites excluding steroid dienone is 1. The van der Waals surface area contributed by atoms with Crippen molar-refractivity contribution in [2.75, 3.05) is 0 Å². The normalized spacial score (nSPS) is 15.8. The molecule has 0 fully saturated rings. The second kappa shape index (κ2) is 2.44. The van der Waals surface area contributed by atoms with Crippen LogP contribution in [-0.2, 0) is 4.79 Å². The molecular weight excluding hydrogens is 118 g/mol. The molecule has 0 radical (unpaired) electrons. The smallest absolute Gasteiger partial charge is 0.309 e. The third-order valence-corrected chi connectivity index (χ3v) is 1.05. The van der Waals surface area contributed by atoms with Crippen LogP contribution in [0.25, 0.3) is 0 Å². The molecule has 1 aliphatic rings. The topological polar surface area (TPSA) is 49.7 Å². The summed E-state index contributed by atoms with van der Waals surface area (Å²) in [7, 11) is 0. The van der Waals surface area contributed by atoms with Crippen LogP contribution in [0.4, 0.5) is 0 Å². The van der Waals surface area contributed by atoms with Gasteiger partial charge in [0.2, 0.25) is 0 Å². The van der Waals surface area contributed by atoms with Crippen LogP contribution >= 0.6 is 0 Å². The average Bonchev–Trinajstić information content (AvgIpc) is 2.15. The number of carboxylic acid groups (broad SMARTS) is 1. The standard InChI is InChI=1S/C6H7NO2/c8-6(9)4-5-2-1-3-7-5/h2-3H,1,4H2,(H,8,9). The predicted molar refractivity (Wildman–Crippen MR) is 33.4 cm³/mol. The van der Waals surface area contributed by atoms with E-state index in [1.807, 2.05) is 6.08 Å². The zero-order valence-corrected chi connectivity index (χ0v) is 4.87. The van der Waals surface area contributed by atoms with Gasteiger partial charge >= 0.3 is 5.97 Å². The monoisotopic (exact) mass is 125 g/mol. The van der Waals surface area contributed by atoms with Crippen molar-refractivity contribution in [2.45, 2.75) is 12.8 Å². The summed E-state index contributed by atoms with van der Waals surface area (Å²) in [6.45, 7) is 0. The molecule has 1 rings (SSSR count). The predicted octanol–water partition coefficient (Wildman–Crippen LogP) is 0.820. The van der Waals surface area contributed by atoms with Crippen LogP contribution in [0.15, 0.2) is 16.8 Å². The summed E-state index contributed by atoms with van der Waals surface area (Å²) in [5.41, 5.74) is 0.669. The van der Waals surface area contributed by atoms with Gasteiger partial charge < -0.3 is 5.11 Å². The van der Waals surface area contributed by atoms with Gasteiger partial charge in [0, 0.05) is 18.3 Å². The van der Waals surface area contributed by atoms with Gasteiger partial charge in [0.1, 0.15) is 0 Å². The molecule has 1 aliphatic heterocycles. The minimum Gasteiger partial charge on any atom is -0.481 e. The van der Waals surface area contributed by atoms with Crippen molar-refractivity contribution in [3.8, 4) is 0 Å². The van der Waals surface area contributed by atoms with Crippen molar-refractivity contribution in [3.05, 3.63) is 11.8 Å². The Morgan fingerprint density at radius 2 is 2.67 bits per heavy atom. The minimum absolute atomic E-state index is 0.0521. The first kappa shape index (κ1) is 6.01. The highest BCUT2D eigenvalue weighted by Gasteiger charge is 2.03. The highest BCUT2D eigenvalue weighted by molar-refractivity contribution is 5.73. The van der Waals surface area contributed by atoms with E-state index < -0.39 is 5.97 Å². The Hall–Kier alpha value is -1.12. The molecule has 0 aromatic carbocycles. The van der Waals surface area contributed by atoms with Gasteiger partial charge in [-0.3, -0.25) is 9.79 Å². The van der Waals surface area contributed by atoms with E-state index in [2.05, 4.69) is 4.99 Å². The fourth-order valence-electron chi connectivity index (χ4n) is 0.684. The van der Waals surface area contributed by atoms with Crippen LogP contribution in [0, 0.1) is 0 Å². The van der Waals surface area contributed by atoms with Crippen molar-refractivity contribution in [1.29, 1.82) is 0 Å². The molecule has 0 saturated carbocycles. The number of carboxylic acids is 1. The van der Waals surface area contributed by atoms with Gasteiger partial charge in [0.05, 0.1) is 6.42 Å². The Balaban J connectivity index is 2.45. The number of rotatable bonds is 2. The quantitative estimate of drug-likeness (QED) is 0.594. The lowest BCUT2D eigenvalue weighted by Gasteiger charge is -1.88. The number of hydrogen-bond donors (Lipinski definition) is 1. The minimum atomic E-state index is -0.819. The Morgan fingerprint density at radius 3 is 3.11 bits per heavy atom. The second-order valence-electron chi connectivity index (χ2n) is 1.81. The molecule has 0 atom stereocenters. The lowest BCUT2D eigenvalue weighted by molar-refractivity contribution is -0.136. The zero-order chi connectivity index (χ0) is 6.69. The van der Waals surface area contributed by atoms with Crippen LogP contribution in [0.3, 0.4) is 0 Å². The number of hydrogen-bond acceptors (Lipinski definition) is 2. The molecule has 0 aliphatic carbocycles. The van der Waals surface area contributed by atoms with Crippen molar-refractivity contribution in [3.63, 3.8) is 0 Å². The molecule has 0 saturated heterocycles. The van der Waals surface area contributed by atoms with E-state index in [1.165, 1.54) is 0 Å². The van der Waals surface area contributed by atoms with E-state index in [4.69, 9.17) is 5.11 Å². The second-order valence-corrected chi connectivity index (χ2v) is 1.81. The summed E-state index contributed by atoms with van der Waals surface area (Å²) < 4.78 is 0. The zero-order valence-electron chi connectivity index (χ0n) is 4.87. The molecule has 48 valence electrons. The molecule has 0 aromatic heterocycles. The first-order chi connectivity index (χ1) is 4.29. The molecule has 1 heterocycles. The number of carbonyl (C=O) groups is 1. The van der Waals surface area contributed by atoms with Crippen LogP contribution in [0.1, 0.15) is 12.8 Å². The van der Waals surface area contributed by atoms with Crippen LogP contribution in [0.2, 0.25) is 0 Å². The fraction of sp³-hybridized carbons (Fsp3) is 0.333. The molecule has 0 unspecified atom stereocenters. The van der Waals surface area contributed by atoms with E-state index in [1.54, 1.807) is 6.21 Å². The highest BCUT2D eigenvalue weighted by Crippen LogP contribution is 2.08. The summed E-state index contributed by atoms with van der Waals surface area (Å²) in [6.07, 6.45) is 4.35. The van der Waals surface area contributed by atoms with Crippen molar-refractivity contribution >= 4 is 12.2 Å². The summed E-state index contributed by atoms with van der Waals surface area (Å²) in [6, 6.07) is 0. The molecule has 0 bridgehead atoms. The van der Waals surface area contributed by atoms with Gasteiger partial charge in [-0.05, 0) is 0 Å². The summed E-state index contributed by atoms with van der Waals surface area (Å²) in [5, 5.41) is 8.26. The van der Waals surface area contributed by atoms with Gasteiger partial charge in [0.25, 0.3) is 0 Å². The number of aliphatic carboxylic acids is 1. The maximum atomic E-state index is 10.0. The van der Waals surface area contributed by atoms with E-state index in [0.717, 1.165) is 6.42 Å². The summed E-state index contributed by atoms with van der Waals surface area (Å²) in [5.74, 6) is -0.819. The van der Waals surface area contributed by atoms with Gasteiger partial charge in [0.15, 0.2) is 0 Å². The van der Waals surface area contributed by atoms with Crippen molar-refractivity contribution < 1.29 is 9.90 Å². The molecule has 3 nitrogen and oxygen atoms in total. The van der Waals surface area contributed by atoms with Crippen molar-refractivity contribution in [1.82, 2.24) is 0 Å². The molecule has 0 aromatic rings. The Kier molecular flexibility index (Phi) is 1.63. The van der Waals surface area contributed by atoms with Gasteiger partial charge in [-0.25, -0.2) is 0 Å². The maximum absolute atomic E-state index is 10.0. The Morgan fingerprint density at radius 1 is 1.89 bits per heavy atom. The third kappa shape index (κ3) is 1.68. The highest BCUT2D eigenvalue weighted by atomic mass is 16.4. The lowest BCUT2D eigenvalue weighted by atomic mass is 10.3. The number of nitrogens with zero attached hydrogens (tertiary/aromatic N) is 1. The molecular formula is C6H7NO2. The van der Waals surface area contributed by atoms with E-state index in [9.17, 15) is 4.79 Å². The molecule has 0 amide bonds. The van der Waals surface area contributed by atoms with Crippen LogP contribution in [-0.4, -0.2) is 17.3 Å². The van der Waals surface area contributed by atoms with E-state index >= 15 is 0 Å². The molecule has 0 spiro atoms. The summed E-state index contributed by atoms with van der Waals surface area (Å²) in [4.78, 5) is 13.9. The maximum Gasteiger partial charge on any atom is 0.309 e. The largest absolute Gasteiger partial charge is 0.481 e. The number of aliphatic imine (C=N–C) groups is 1. The SMILES string of the molecule is O=C(O)CC1=CCC=N1. The molecule has 3 heteroatoms. The first-order valence-corrected chi connectivity index (χ1v) is 2.72. The third-order valence-electron chi connectivity index (χ3n) is 1.05. The lowest BCUT2D eigenvalue weighted by Crippen LogP contribution is -1.93. The Bertz CT molecular complexity index is 181. The summed E-state index contributed by atoms with van der Waals surface area (Å²) >= 11 is 0. The van der Waals surface area contributed by atoms with Gasteiger partial charge in [-0.15, -0.1) is 0 Å². The van der Waals surface area contributed by atoms with Crippen LogP contribution in [0.5, 0.6) is 0 Å². The molecule has 9 heavy (non-hydrogen) atoms. The van der Waals surface area contributed by atoms with Crippen LogP contribution < -0.4 is 0 Å². The molecule has 1 N–H and O–H groups in total. The van der Waals surface area contributed by atoms with Gasteiger partial charge in [-0.2, -0.15) is 0 Å². The Labute approximate surface area is 52.7 Å². The van der Waals surface area contributed by atoms with E-state index in [-0.39, 0.29) is 6.42 Å². The van der Waals surface area contributed by atoms with E-state index in [0.29, 0.717) is 5.70 Å². The van der Waals surface area contributed by atoms with Gasteiger partial charge in [-0.1, -0.05) is 6.08 Å². The fourth-order valence-corrected chi connectivity index (χ4v) is 0.684. The van der Waals surface area contributed by atoms with Crippen molar-refractivity contribution in [2.24, 2.45) is 4.99 Å².